The molecule has 0 saturated carbocycles. The summed E-state index contributed by atoms with van der Waals surface area (Å²) in [6.45, 7) is 7.15. The molecule has 2 rings (SSSR count). The first-order valence-electron chi connectivity index (χ1n) is 7.30. The predicted octanol–water partition coefficient (Wildman–Crippen LogP) is 5.55. The van der Waals surface area contributed by atoms with Crippen molar-refractivity contribution in [1.82, 2.24) is 0 Å². The third-order valence-corrected chi connectivity index (χ3v) is 3.54. The van der Waals surface area contributed by atoms with Crippen LogP contribution in [0, 0.1) is 5.92 Å². The molecular weight excluding hydrogens is 282 g/mol. The topological polar surface area (TPSA) is 21.3 Å². The normalized spacial score (nSPS) is 12.2. The van der Waals surface area contributed by atoms with Gasteiger partial charge in [-0.3, -0.25) is 0 Å². The molecular formula is C18H22ClNO. The van der Waals surface area contributed by atoms with Crippen molar-refractivity contribution in [3.8, 4) is 5.75 Å². The van der Waals surface area contributed by atoms with Gasteiger partial charge in [-0.05, 0) is 42.7 Å². The summed E-state index contributed by atoms with van der Waals surface area (Å²) < 4.78 is 5.70. The summed E-state index contributed by atoms with van der Waals surface area (Å²) in [6, 6.07) is 16.2. The molecule has 0 heterocycles. The van der Waals surface area contributed by atoms with Crippen LogP contribution >= 0.6 is 11.6 Å². The maximum atomic E-state index is 6.17. The summed E-state index contributed by atoms with van der Waals surface area (Å²) in [6.07, 6.45) is 0. The minimum Gasteiger partial charge on any atom is -0.493 e. The molecule has 1 atom stereocenters. The standard InChI is InChI=1S/C18H22ClNO/c1-13(2)12-21-16-10-8-15(9-11-16)14(3)20-18-7-5-4-6-17(18)19/h4-11,13-14,20H,12H2,1-3H3. The summed E-state index contributed by atoms with van der Waals surface area (Å²) in [5, 5.41) is 4.16. The Labute approximate surface area is 132 Å². The SMILES string of the molecule is CC(C)COc1ccc(C(C)Nc2ccccc2Cl)cc1. The maximum Gasteiger partial charge on any atom is 0.119 e. The van der Waals surface area contributed by atoms with E-state index < -0.39 is 0 Å². The molecule has 0 aliphatic rings. The molecule has 0 saturated heterocycles. The highest BCUT2D eigenvalue weighted by molar-refractivity contribution is 6.33. The number of ether oxygens (including phenoxy) is 1. The Kier molecular flexibility index (Phi) is 5.51. The van der Waals surface area contributed by atoms with Gasteiger partial charge >= 0.3 is 0 Å². The first kappa shape index (κ1) is 15.7. The smallest absolute Gasteiger partial charge is 0.119 e. The zero-order chi connectivity index (χ0) is 15.2. The molecule has 0 amide bonds. The van der Waals surface area contributed by atoms with Crippen LogP contribution in [0.2, 0.25) is 5.02 Å². The molecule has 0 aromatic heterocycles. The second kappa shape index (κ2) is 7.37. The number of hydrogen-bond acceptors (Lipinski definition) is 2. The van der Waals surface area contributed by atoms with E-state index in [1.165, 1.54) is 5.56 Å². The van der Waals surface area contributed by atoms with E-state index in [-0.39, 0.29) is 6.04 Å². The minimum atomic E-state index is 0.184. The van der Waals surface area contributed by atoms with E-state index in [4.69, 9.17) is 16.3 Å². The van der Waals surface area contributed by atoms with Gasteiger partial charge in [0.25, 0.3) is 0 Å². The van der Waals surface area contributed by atoms with E-state index in [1.807, 2.05) is 36.4 Å². The number of nitrogens with one attached hydrogen (secondary N) is 1. The van der Waals surface area contributed by atoms with Crippen LogP contribution in [0.1, 0.15) is 32.4 Å². The van der Waals surface area contributed by atoms with Crippen LogP contribution < -0.4 is 10.1 Å². The Morgan fingerprint density at radius 2 is 1.67 bits per heavy atom. The van der Waals surface area contributed by atoms with Gasteiger partial charge < -0.3 is 10.1 Å². The zero-order valence-electron chi connectivity index (χ0n) is 12.8. The molecule has 1 unspecified atom stereocenters. The molecule has 0 aliphatic heterocycles. The van der Waals surface area contributed by atoms with Gasteiger partial charge in [-0.2, -0.15) is 0 Å². The van der Waals surface area contributed by atoms with Crippen molar-refractivity contribution >= 4 is 17.3 Å². The lowest BCUT2D eigenvalue weighted by atomic mass is 10.1. The van der Waals surface area contributed by atoms with E-state index in [1.54, 1.807) is 0 Å². The summed E-state index contributed by atoms with van der Waals surface area (Å²) in [5.74, 6) is 1.45. The molecule has 0 fully saturated rings. The molecule has 2 aromatic carbocycles. The van der Waals surface area contributed by atoms with Crippen LogP contribution in [0.3, 0.4) is 0 Å². The average molecular weight is 304 g/mol. The lowest BCUT2D eigenvalue weighted by Gasteiger charge is -2.17. The summed E-state index contributed by atoms with van der Waals surface area (Å²) in [5.41, 5.74) is 2.15. The largest absolute Gasteiger partial charge is 0.493 e. The van der Waals surface area contributed by atoms with E-state index in [9.17, 15) is 0 Å². The Bertz CT molecular complexity index is 566. The fourth-order valence-corrected chi connectivity index (χ4v) is 2.20. The monoisotopic (exact) mass is 303 g/mol. The maximum absolute atomic E-state index is 6.17. The average Bonchev–Trinajstić information content (AvgIpc) is 2.48. The highest BCUT2D eigenvalue weighted by Gasteiger charge is 2.07. The van der Waals surface area contributed by atoms with Crippen LogP contribution in [0.4, 0.5) is 5.69 Å². The van der Waals surface area contributed by atoms with Crippen molar-refractivity contribution in [1.29, 1.82) is 0 Å². The number of halogens is 1. The fourth-order valence-electron chi connectivity index (χ4n) is 2.01. The van der Waals surface area contributed by atoms with E-state index in [2.05, 4.69) is 38.2 Å². The zero-order valence-corrected chi connectivity index (χ0v) is 13.5. The molecule has 2 aromatic rings. The number of benzene rings is 2. The van der Waals surface area contributed by atoms with Crippen molar-refractivity contribution in [3.05, 3.63) is 59.1 Å². The van der Waals surface area contributed by atoms with Crippen molar-refractivity contribution in [2.75, 3.05) is 11.9 Å². The van der Waals surface area contributed by atoms with Gasteiger partial charge in [0.15, 0.2) is 0 Å². The molecule has 0 aliphatic carbocycles. The second-order valence-corrected chi connectivity index (χ2v) is 6.03. The Balaban J connectivity index is 2.00. The molecule has 0 bridgehead atoms. The third-order valence-electron chi connectivity index (χ3n) is 3.21. The van der Waals surface area contributed by atoms with Gasteiger partial charge in [0, 0.05) is 6.04 Å². The molecule has 2 nitrogen and oxygen atoms in total. The lowest BCUT2D eigenvalue weighted by molar-refractivity contribution is 0.271. The highest BCUT2D eigenvalue weighted by atomic mass is 35.5. The van der Waals surface area contributed by atoms with Crippen molar-refractivity contribution in [2.24, 2.45) is 5.92 Å². The van der Waals surface area contributed by atoms with Crippen molar-refractivity contribution in [3.63, 3.8) is 0 Å². The van der Waals surface area contributed by atoms with Crippen LogP contribution in [0.25, 0.3) is 0 Å². The van der Waals surface area contributed by atoms with Crippen LogP contribution in [0.5, 0.6) is 5.75 Å². The Hall–Kier alpha value is -1.67. The van der Waals surface area contributed by atoms with Crippen molar-refractivity contribution in [2.45, 2.75) is 26.8 Å². The van der Waals surface area contributed by atoms with Gasteiger partial charge in [-0.1, -0.05) is 49.7 Å². The molecule has 3 heteroatoms. The van der Waals surface area contributed by atoms with E-state index in [0.29, 0.717) is 5.92 Å². The molecule has 21 heavy (non-hydrogen) atoms. The highest BCUT2D eigenvalue weighted by Crippen LogP contribution is 2.26. The van der Waals surface area contributed by atoms with Gasteiger partial charge in [0.1, 0.15) is 5.75 Å². The molecule has 0 spiro atoms. The van der Waals surface area contributed by atoms with E-state index in [0.717, 1.165) is 23.1 Å². The number of rotatable bonds is 6. The lowest BCUT2D eigenvalue weighted by Crippen LogP contribution is -2.07. The van der Waals surface area contributed by atoms with Gasteiger partial charge in [0.05, 0.1) is 17.3 Å². The third kappa shape index (κ3) is 4.68. The quantitative estimate of drug-likeness (QED) is 0.755. The van der Waals surface area contributed by atoms with Gasteiger partial charge in [-0.25, -0.2) is 0 Å². The minimum absolute atomic E-state index is 0.184. The van der Waals surface area contributed by atoms with Crippen LogP contribution in [-0.4, -0.2) is 6.61 Å². The first-order valence-corrected chi connectivity index (χ1v) is 7.68. The molecule has 112 valence electrons. The Morgan fingerprint density at radius 3 is 2.29 bits per heavy atom. The summed E-state index contributed by atoms with van der Waals surface area (Å²) in [7, 11) is 0. The van der Waals surface area contributed by atoms with Crippen LogP contribution in [-0.2, 0) is 0 Å². The van der Waals surface area contributed by atoms with Crippen molar-refractivity contribution < 1.29 is 4.74 Å². The van der Waals surface area contributed by atoms with Crippen LogP contribution in [0.15, 0.2) is 48.5 Å². The number of hydrogen-bond donors (Lipinski definition) is 1. The molecule has 0 radical (unpaired) electrons. The summed E-state index contributed by atoms with van der Waals surface area (Å²) >= 11 is 6.17. The van der Waals surface area contributed by atoms with E-state index >= 15 is 0 Å². The van der Waals surface area contributed by atoms with Gasteiger partial charge in [-0.15, -0.1) is 0 Å². The number of anilines is 1. The molecule has 1 N–H and O–H groups in total. The first-order chi connectivity index (χ1) is 10.1. The Morgan fingerprint density at radius 1 is 1.00 bits per heavy atom. The second-order valence-electron chi connectivity index (χ2n) is 5.62. The summed E-state index contributed by atoms with van der Waals surface area (Å²) in [4.78, 5) is 0. The van der Waals surface area contributed by atoms with Gasteiger partial charge in [0.2, 0.25) is 0 Å². The number of para-hydroxylation sites is 1. The predicted molar refractivity (Wildman–Crippen MR) is 90.3 cm³/mol. The fraction of sp³-hybridized carbons (Fsp3) is 0.333.